The Morgan fingerprint density at radius 2 is 2.06 bits per heavy atom. The van der Waals surface area contributed by atoms with Crippen molar-refractivity contribution >= 4 is 0 Å². The van der Waals surface area contributed by atoms with Gasteiger partial charge in [-0.05, 0) is 37.0 Å². The maximum atomic E-state index is 9.36. The van der Waals surface area contributed by atoms with Crippen molar-refractivity contribution in [2.24, 2.45) is 11.3 Å². The summed E-state index contributed by atoms with van der Waals surface area (Å²) in [5.74, 6) is 0.456. The number of aliphatic hydroxyl groups excluding tert-OH is 1. The number of rotatable bonds is 7. The van der Waals surface area contributed by atoms with Gasteiger partial charge in [-0.2, -0.15) is 0 Å². The van der Waals surface area contributed by atoms with Crippen LogP contribution in [0.5, 0.6) is 0 Å². The molecule has 0 radical (unpaired) electrons. The van der Waals surface area contributed by atoms with Gasteiger partial charge < -0.3 is 9.67 Å². The molecule has 1 atom stereocenters. The third kappa shape index (κ3) is 6.47. The molecule has 1 rings (SSSR count). The normalized spacial score (nSPS) is 13.9. The fraction of sp³-hybridized carbons (Fsp3) is 0.786. The number of hydrogen-bond donors (Lipinski definition) is 1. The van der Waals surface area contributed by atoms with Crippen molar-refractivity contribution in [2.45, 2.75) is 53.0 Å². The predicted octanol–water partition coefficient (Wildman–Crippen LogP) is 3.10. The van der Waals surface area contributed by atoms with Gasteiger partial charge in [-0.3, -0.25) is 0 Å². The van der Waals surface area contributed by atoms with Gasteiger partial charge in [0.1, 0.15) is 0 Å². The van der Waals surface area contributed by atoms with Gasteiger partial charge in [0, 0.05) is 25.5 Å². The van der Waals surface area contributed by atoms with E-state index in [9.17, 15) is 5.11 Å². The van der Waals surface area contributed by atoms with Crippen molar-refractivity contribution in [3.8, 4) is 0 Å². The summed E-state index contributed by atoms with van der Waals surface area (Å²) in [6.07, 6.45) is 10.2. The Balaban J connectivity index is 2.18. The largest absolute Gasteiger partial charge is 0.396 e. The number of aryl methyl sites for hydroxylation is 1. The second-order valence-electron chi connectivity index (χ2n) is 6.09. The quantitative estimate of drug-likeness (QED) is 0.792. The van der Waals surface area contributed by atoms with Gasteiger partial charge in [0.2, 0.25) is 0 Å². The van der Waals surface area contributed by atoms with E-state index >= 15 is 0 Å². The predicted molar refractivity (Wildman–Crippen MR) is 70.7 cm³/mol. The zero-order valence-electron chi connectivity index (χ0n) is 11.4. The highest BCUT2D eigenvalue weighted by molar-refractivity contribution is 4.74. The van der Waals surface area contributed by atoms with E-state index in [1.54, 1.807) is 0 Å². The summed E-state index contributed by atoms with van der Waals surface area (Å²) in [6.45, 7) is 8.10. The summed E-state index contributed by atoms with van der Waals surface area (Å²) in [5, 5.41) is 9.36. The molecule has 0 aliphatic carbocycles. The van der Waals surface area contributed by atoms with Gasteiger partial charge >= 0.3 is 0 Å². The molecule has 0 saturated carbocycles. The van der Waals surface area contributed by atoms with Crippen LogP contribution in [0.1, 0.15) is 46.5 Å². The van der Waals surface area contributed by atoms with E-state index < -0.39 is 0 Å². The van der Waals surface area contributed by atoms with Crippen LogP contribution < -0.4 is 0 Å². The number of aliphatic hydroxyl groups is 1. The van der Waals surface area contributed by atoms with E-state index in [0.29, 0.717) is 17.9 Å². The molecule has 0 bridgehead atoms. The third-order valence-corrected chi connectivity index (χ3v) is 3.15. The number of hydrogen-bond acceptors (Lipinski definition) is 2. The first-order chi connectivity index (χ1) is 8.01. The van der Waals surface area contributed by atoms with E-state index in [0.717, 1.165) is 25.8 Å². The smallest absolute Gasteiger partial charge is 0.0945 e. The number of nitrogens with zero attached hydrogens (tertiary/aromatic N) is 2. The van der Waals surface area contributed by atoms with Gasteiger partial charge in [0.05, 0.1) is 6.33 Å². The van der Waals surface area contributed by atoms with E-state index in [-0.39, 0.29) is 0 Å². The van der Waals surface area contributed by atoms with Crippen LogP contribution in [-0.2, 0) is 6.54 Å². The molecule has 98 valence electrons. The van der Waals surface area contributed by atoms with Crippen molar-refractivity contribution in [3.05, 3.63) is 18.7 Å². The van der Waals surface area contributed by atoms with E-state index in [1.807, 2.05) is 18.7 Å². The molecule has 3 heteroatoms. The van der Waals surface area contributed by atoms with Crippen molar-refractivity contribution in [1.82, 2.24) is 9.55 Å². The maximum absolute atomic E-state index is 9.36. The van der Waals surface area contributed by atoms with Crippen LogP contribution >= 0.6 is 0 Å². The summed E-state index contributed by atoms with van der Waals surface area (Å²) in [4.78, 5) is 4.02. The van der Waals surface area contributed by atoms with Crippen LogP contribution in [0, 0.1) is 11.3 Å². The first-order valence-corrected chi connectivity index (χ1v) is 6.58. The third-order valence-electron chi connectivity index (χ3n) is 3.15. The van der Waals surface area contributed by atoms with Crippen molar-refractivity contribution in [1.29, 1.82) is 0 Å². The zero-order valence-corrected chi connectivity index (χ0v) is 11.4. The summed E-state index contributed by atoms with van der Waals surface area (Å²) >= 11 is 0. The average molecular weight is 238 g/mol. The van der Waals surface area contributed by atoms with Gasteiger partial charge in [0.25, 0.3) is 0 Å². The number of imidazole rings is 1. The van der Waals surface area contributed by atoms with Crippen LogP contribution in [0.25, 0.3) is 0 Å². The Kier molecular flexibility index (Phi) is 5.69. The van der Waals surface area contributed by atoms with E-state index in [4.69, 9.17) is 0 Å². The highest BCUT2D eigenvalue weighted by Crippen LogP contribution is 2.25. The molecule has 0 unspecified atom stereocenters. The first-order valence-electron chi connectivity index (χ1n) is 6.58. The van der Waals surface area contributed by atoms with Crippen molar-refractivity contribution in [2.75, 3.05) is 6.61 Å². The highest BCUT2D eigenvalue weighted by atomic mass is 16.3. The minimum absolute atomic E-state index is 0.319. The van der Waals surface area contributed by atoms with Crippen LogP contribution in [0.3, 0.4) is 0 Å². The summed E-state index contributed by atoms with van der Waals surface area (Å²) < 4.78 is 2.10. The molecule has 0 fully saturated rings. The van der Waals surface area contributed by atoms with Gasteiger partial charge in [-0.1, -0.05) is 20.8 Å². The minimum Gasteiger partial charge on any atom is -0.396 e. The highest BCUT2D eigenvalue weighted by Gasteiger charge is 2.14. The lowest BCUT2D eigenvalue weighted by Crippen LogP contribution is -2.13. The molecule has 1 heterocycles. The summed E-state index contributed by atoms with van der Waals surface area (Å²) in [7, 11) is 0. The monoisotopic (exact) mass is 238 g/mol. The fourth-order valence-corrected chi connectivity index (χ4v) is 1.95. The maximum Gasteiger partial charge on any atom is 0.0945 e. The molecule has 1 N–H and O–H groups in total. The lowest BCUT2D eigenvalue weighted by atomic mass is 9.85. The molecule has 0 aliphatic heterocycles. The van der Waals surface area contributed by atoms with Crippen LogP contribution in [-0.4, -0.2) is 21.3 Å². The van der Waals surface area contributed by atoms with Crippen LogP contribution in [0.15, 0.2) is 18.7 Å². The SMILES string of the molecule is CC(C)(C)CC[C@@H](CO)CCCn1ccnc1. The molecule has 1 aromatic rings. The van der Waals surface area contributed by atoms with Crippen molar-refractivity contribution in [3.63, 3.8) is 0 Å². The molecule has 1 aromatic heterocycles. The number of aromatic nitrogens is 2. The van der Waals surface area contributed by atoms with E-state index in [1.165, 1.54) is 6.42 Å². The molecule has 0 amide bonds. The Labute approximate surface area is 105 Å². The molecule has 3 nitrogen and oxygen atoms in total. The lowest BCUT2D eigenvalue weighted by molar-refractivity contribution is 0.189. The van der Waals surface area contributed by atoms with Gasteiger partial charge in [-0.25, -0.2) is 4.98 Å². The standard InChI is InChI=1S/C14H26N2O/c1-14(2,3)7-6-13(11-17)5-4-9-16-10-8-15-12-16/h8,10,12-13,17H,4-7,9,11H2,1-3H3/t13-/m0/s1. The summed E-state index contributed by atoms with van der Waals surface area (Å²) in [5.41, 5.74) is 0.373. The topological polar surface area (TPSA) is 38.0 Å². The van der Waals surface area contributed by atoms with Crippen LogP contribution in [0.2, 0.25) is 0 Å². The Morgan fingerprint density at radius 1 is 1.29 bits per heavy atom. The molecule has 0 aliphatic rings. The molecular weight excluding hydrogens is 212 g/mol. The molecule has 0 aromatic carbocycles. The Hall–Kier alpha value is -0.830. The molecule has 0 saturated heterocycles. The minimum atomic E-state index is 0.319. The summed E-state index contributed by atoms with van der Waals surface area (Å²) in [6, 6.07) is 0. The van der Waals surface area contributed by atoms with Gasteiger partial charge in [-0.15, -0.1) is 0 Å². The average Bonchev–Trinajstić information content (AvgIpc) is 2.74. The zero-order chi connectivity index (χ0) is 12.7. The molecule has 0 spiro atoms. The molecular formula is C14H26N2O. The Bertz CT molecular complexity index is 288. The van der Waals surface area contributed by atoms with Crippen LogP contribution in [0.4, 0.5) is 0 Å². The first kappa shape index (κ1) is 14.2. The van der Waals surface area contributed by atoms with Gasteiger partial charge in [0.15, 0.2) is 0 Å². The second kappa shape index (κ2) is 6.80. The second-order valence-corrected chi connectivity index (χ2v) is 6.09. The van der Waals surface area contributed by atoms with E-state index in [2.05, 4.69) is 30.3 Å². The molecule has 17 heavy (non-hydrogen) atoms. The lowest BCUT2D eigenvalue weighted by Gasteiger charge is -2.22. The Morgan fingerprint density at radius 3 is 2.59 bits per heavy atom. The fourth-order valence-electron chi connectivity index (χ4n) is 1.95. The van der Waals surface area contributed by atoms with Crippen molar-refractivity contribution < 1.29 is 5.11 Å².